The molecular weight excluding hydrogens is 394 g/mol. The van der Waals surface area contributed by atoms with Crippen LogP contribution in [0.15, 0.2) is 24.4 Å². The SMILES string of the molecule is COc1cc2ncc(-c3ccc(F)c(N)n3)n2nc1C(C)(C)O.FC1CCNCC1. The van der Waals surface area contributed by atoms with Crippen molar-refractivity contribution in [3.63, 3.8) is 0 Å². The number of fused-ring (bicyclic) bond motifs is 1. The number of methoxy groups -OCH3 is 1. The maximum absolute atomic E-state index is 13.3. The highest BCUT2D eigenvalue weighted by atomic mass is 19.1. The summed E-state index contributed by atoms with van der Waals surface area (Å²) in [5.74, 6) is -0.364. The van der Waals surface area contributed by atoms with Crippen LogP contribution >= 0.6 is 0 Å². The molecule has 0 aromatic carbocycles. The van der Waals surface area contributed by atoms with Gasteiger partial charge in [0.05, 0.1) is 19.0 Å². The molecule has 1 fully saturated rings. The lowest BCUT2D eigenvalue weighted by molar-refractivity contribution is 0.0694. The van der Waals surface area contributed by atoms with Gasteiger partial charge in [0.2, 0.25) is 0 Å². The molecule has 0 amide bonds. The van der Waals surface area contributed by atoms with Crippen LogP contribution in [-0.2, 0) is 5.60 Å². The van der Waals surface area contributed by atoms with Gasteiger partial charge in [-0.25, -0.2) is 23.3 Å². The van der Waals surface area contributed by atoms with Crippen molar-refractivity contribution in [1.29, 1.82) is 0 Å². The molecule has 0 atom stereocenters. The van der Waals surface area contributed by atoms with E-state index in [-0.39, 0.29) is 5.82 Å². The minimum Gasteiger partial charge on any atom is -0.495 e. The molecule has 0 spiro atoms. The zero-order chi connectivity index (χ0) is 21.9. The predicted molar refractivity (Wildman–Crippen MR) is 109 cm³/mol. The third kappa shape index (κ3) is 4.82. The lowest BCUT2D eigenvalue weighted by Gasteiger charge is -2.19. The van der Waals surface area contributed by atoms with Crippen molar-refractivity contribution in [3.8, 4) is 17.1 Å². The van der Waals surface area contributed by atoms with Crippen molar-refractivity contribution in [2.75, 3.05) is 25.9 Å². The number of aromatic nitrogens is 4. The highest BCUT2D eigenvalue weighted by molar-refractivity contribution is 5.62. The van der Waals surface area contributed by atoms with Crippen LogP contribution in [0.1, 0.15) is 32.4 Å². The summed E-state index contributed by atoms with van der Waals surface area (Å²) in [6, 6.07) is 4.39. The standard InChI is InChI=1S/C15H16FN5O2.C5H10FN/c1-15(2,22)13-11(23-3)6-12-18-7-10(21(12)20-13)9-5-4-8(16)14(17)19-9;6-5-1-3-7-4-2-5/h4-7,22H,1-3H3,(H2,17,19);5,7H,1-4H2. The summed E-state index contributed by atoms with van der Waals surface area (Å²) in [6.45, 7) is 4.94. The van der Waals surface area contributed by atoms with E-state index in [1.165, 1.54) is 23.8 Å². The van der Waals surface area contributed by atoms with E-state index in [9.17, 15) is 13.9 Å². The number of aliphatic hydroxyl groups is 1. The van der Waals surface area contributed by atoms with E-state index in [0.717, 1.165) is 13.1 Å². The molecule has 8 nitrogen and oxygen atoms in total. The Balaban J connectivity index is 0.000000310. The van der Waals surface area contributed by atoms with Crippen molar-refractivity contribution >= 4 is 11.5 Å². The monoisotopic (exact) mass is 420 g/mol. The van der Waals surface area contributed by atoms with E-state index < -0.39 is 17.6 Å². The minimum atomic E-state index is -1.21. The normalized spacial score (nSPS) is 15.0. The van der Waals surface area contributed by atoms with Crippen molar-refractivity contribution in [3.05, 3.63) is 35.9 Å². The summed E-state index contributed by atoms with van der Waals surface area (Å²) in [5.41, 5.74) is 6.12. The molecule has 162 valence electrons. The number of hydrogen-bond donors (Lipinski definition) is 3. The van der Waals surface area contributed by atoms with Crippen molar-refractivity contribution in [2.24, 2.45) is 0 Å². The van der Waals surface area contributed by atoms with Crippen molar-refractivity contribution in [2.45, 2.75) is 38.5 Å². The summed E-state index contributed by atoms with van der Waals surface area (Å²) in [6.07, 6.45) is 2.44. The molecule has 3 aromatic heterocycles. The second-order valence-corrected chi connectivity index (χ2v) is 7.52. The average molecular weight is 420 g/mol. The number of nitrogens with one attached hydrogen (secondary N) is 1. The molecular formula is C20H26F2N6O2. The zero-order valence-corrected chi connectivity index (χ0v) is 17.2. The highest BCUT2D eigenvalue weighted by Gasteiger charge is 2.25. The quantitative estimate of drug-likeness (QED) is 0.597. The van der Waals surface area contributed by atoms with Crippen molar-refractivity contribution < 1.29 is 18.6 Å². The second-order valence-electron chi connectivity index (χ2n) is 7.52. The first kappa shape index (κ1) is 21.8. The number of nitrogen functional groups attached to an aromatic ring is 1. The van der Waals surface area contributed by atoms with Crippen LogP contribution in [0.4, 0.5) is 14.6 Å². The summed E-state index contributed by atoms with van der Waals surface area (Å²) in [5, 5.41) is 17.8. The number of nitrogens with two attached hydrogens (primary N) is 1. The van der Waals surface area contributed by atoms with Crippen LogP contribution < -0.4 is 15.8 Å². The highest BCUT2D eigenvalue weighted by Crippen LogP contribution is 2.30. The lowest BCUT2D eigenvalue weighted by atomic mass is 10.0. The Hall–Kier alpha value is -2.85. The molecule has 0 unspecified atom stereocenters. The zero-order valence-electron chi connectivity index (χ0n) is 17.2. The van der Waals surface area contributed by atoms with Gasteiger partial charge >= 0.3 is 0 Å². The number of anilines is 1. The van der Waals surface area contributed by atoms with Crippen LogP contribution in [0.2, 0.25) is 0 Å². The summed E-state index contributed by atoms with van der Waals surface area (Å²) in [4.78, 5) is 8.25. The molecule has 4 heterocycles. The smallest absolute Gasteiger partial charge is 0.165 e. The number of alkyl halides is 1. The lowest BCUT2D eigenvalue weighted by Crippen LogP contribution is -2.28. The van der Waals surface area contributed by atoms with E-state index in [4.69, 9.17) is 10.5 Å². The molecule has 4 rings (SSSR count). The van der Waals surface area contributed by atoms with Gasteiger partial charge in [0, 0.05) is 6.07 Å². The molecule has 0 radical (unpaired) electrons. The maximum atomic E-state index is 13.3. The Morgan fingerprint density at radius 2 is 2.00 bits per heavy atom. The van der Waals surface area contributed by atoms with Gasteiger partial charge in [-0.2, -0.15) is 5.10 Å². The minimum absolute atomic E-state index is 0.200. The Morgan fingerprint density at radius 1 is 1.30 bits per heavy atom. The first-order valence-corrected chi connectivity index (χ1v) is 9.63. The molecule has 4 N–H and O–H groups in total. The first-order chi connectivity index (χ1) is 14.2. The van der Waals surface area contributed by atoms with Crippen LogP contribution in [0.25, 0.3) is 17.0 Å². The molecule has 0 saturated carbocycles. The Labute approximate surface area is 173 Å². The molecule has 1 aliphatic rings. The fraction of sp³-hybridized carbons (Fsp3) is 0.450. The van der Waals surface area contributed by atoms with E-state index in [1.54, 1.807) is 26.1 Å². The second kappa shape index (κ2) is 8.88. The Bertz CT molecular complexity index is 1010. The summed E-state index contributed by atoms with van der Waals surface area (Å²) < 4.78 is 32.2. The van der Waals surface area contributed by atoms with Gasteiger partial charge in [-0.15, -0.1) is 0 Å². The van der Waals surface area contributed by atoms with Crippen LogP contribution in [0.5, 0.6) is 5.75 Å². The Kier molecular flexibility index (Phi) is 6.47. The molecule has 1 aliphatic heterocycles. The number of hydrogen-bond acceptors (Lipinski definition) is 7. The third-order valence-corrected chi connectivity index (χ3v) is 4.66. The van der Waals surface area contributed by atoms with Gasteiger partial charge in [-0.05, 0) is 51.9 Å². The van der Waals surface area contributed by atoms with Gasteiger partial charge in [0.1, 0.15) is 28.9 Å². The average Bonchev–Trinajstić information content (AvgIpc) is 3.12. The fourth-order valence-electron chi connectivity index (χ4n) is 3.04. The molecule has 0 aliphatic carbocycles. The van der Waals surface area contributed by atoms with Gasteiger partial charge in [-0.3, -0.25) is 0 Å². The predicted octanol–water partition coefficient (Wildman–Crippen LogP) is 2.46. The number of nitrogens with zero attached hydrogens (tertiary/aromatic N) is 4. The summed E-state index contributed by atoms with van der Waals surface area (Å²) >= 11 is 0. The van der Waals surface area contributed by atoms with E-state index in [1.807, 2.05) is 0 Å². The van der Waals surface area contributed by atoms with Crippen LogP contribution in [-0.4, -0.2) is 51.1 Å². The Morgan fingerprint density at radius 3 is 2.53 bits per heavy atom. The van der Waals surface area contributed by atoms with Crippen LogP contribution in [0.3, 0.4) is 0 Å². The number of piperidine rings is 1. The number of rotatable bonds is 3. The van der Waals surface area contributed by atoms with Crippen molar-refractivity contribution in [1.82, 2.24) is 24.9 Å². The molecule has 0 bridgehead atoms. The topological polar surface area (TPSA) is 111 Å². The molecule has 1 saturated heterocycles. The van der Waals surface area contributed by atoms with Gasteiger partial charge in [-0.1, -0.05) is 0 Å². The summed E-state index contributed by atoms with van der Waals surface area (Å²) in [7, 11) is 1.49. The number of pyridine rings is 1. The van der Waals surface area contributed by atoms with E-state index in [2.05, 4.69) is 20.4 Å². The van der Waals surface area contributed by atoms with Gasteiger partial charge < -0.3 is 20.9 Å². The number of imidazole rings is 1. The fourth-order valence-corrected chi connectivity index (χ4v) is 3.04. The molecule has 30 heavy (non-hydrogen) atoms. The largest absolute Gasteiger partial charge is 0.495 e. The first-order valence-electron chi connectivity index (χ1n) is 9.63. The molecule has 10 heteroatoms. The van der Waals surface area contributed by atoms with E-state index >= 15 is 0 Å². The number of ether oxygens (including phenoxy) is 1. The third-order valence-electron chi connectivity index (χ3n) is 4.66. The van der Waals surface area contributed by atoms with Gasteiger partial charge in [0.15, 0.2) is 17.3 Å². The number of halogens is 2. The maximum Gasteiger partial charge on any atom is 0.165 e. The van der Waals surface area contributed by atoms with Gasteiger partial charge in [0.25, 0.3) is 0 Å². The molecule has 3 aromatic rings. The van der Waals surface area contributed by atoms with Crippen LogP contribution in [0, 0.1) is 5.82 Å². The van der Waals surface area contributed by atoms with E-state index in [0.29, 0.717) is 41.3 Å².